The maximum absolute atomic E-state index is 13.3. The molecule has 0 spiro atoms. The summed E-state index contributed by atoms with van der Waals surface area (Å²) in [6.07, 6.45) is 5.05. The lowest BCUT2D eigenvalue weighted by molar-refractivity contribution is 0.218. The molecule has 0 aliphatic heterocycles. The molecule has 0 aromatic carbocycles. The standard InChI is InChI=1S/C21H28N2OS2/c1-7-10-25-20-22-18-17(19(24)23(20)12-13(2)3)15-9-8-14(21(4,5)6)11-16(15)26-18/h7,14H,1-2,8-12H2,3-6H3/t14-/m0/s1. The van der Waals surface area contributed by atoms with E-state index in [1.807, 2.05) is 13.0 Å². The van der Waals surface area contributed by atoms with Crippen LogP contribution < -0.4 is 5.56 Å². The number of thioether (sulfide) groups is 1. The van der Waals surface area contributed by atoms with E-state index in [1.165, 1.54) is 10.4 Å². The van der Waals surface area contributed by atoms with Crippen LogP contribution >= 0.6 is 23.1 Å². The highest BCUT2D eigenvalue weighted by molar-refractivity contribution is 7.99. The van der Waals surface area contributed by atoms with E-state index in [0.29, 0.717) is 17.9 Å². The average molecular weight is 389 g/mol. The summed E-state index contributed by atoms with van der Waals surface area (Å²) in [6, 6.07) is 0. The van der Waals surface area contributed by atoms with Crippen molar-refractivity contribution in [2.24, 2.45) is 11.3 Å². The number of allylic oxidation sites excluding steroid dienone is 1. The molecule has 3 rings (SSSR count). The van der Waals surface area contributed by atoms with Crippen LogP contribution in [0.3, 0.4) is 0 Å². The topological polar surface area (TPSA) is 34.9 Å². The van der Waals surface area contributed by atoms with Crippen molar-refractivity contribution in [3.05, 3.63) is 45.6 Å². The van der Waals surface area contributed by atoms with Gasteiger partial charge in [-0.25, -0.2) is 4.98 Å². The molecule has 0 saturated heterocycles. The first-order chi connectivity index (χ1) is 12.2. The van der Waals surface area contributed by atoms with E-state index < -0.39 is 0 Å². The minimum atomic E-state index is 0.0938. The van der Waals surface area contributed by atoms with Crippen molar-refractivity contribution in [1.29, 1.82) is 0 Å². The Morgan fingerprint density at radius 3 is 2.81 bits per heavy atom. The molecule has 2 heterocycles. The number of nitrogens with zero attached hydrogens (tertiary/aromatic N) is 2. The summed E-state index contributed by atoms with van der Waals surface area (Å²) in [5.74, 6) is 1.40. The lowest BCUT2D eigenvalue weighted by Crippen LogP contribution is -2.27. The molecule has 0 saturated carbocycles. The van der Waals surface area contributed by atoms with Crippen molar-refractivity contribution >= 4 is 33.3 Å². The van der Waals surface area contributed by atoms with E-state index in [-0.39, 0.29) is 5.56 Å². The Labute approximate surface area is 164 Å². The second kappa shape index (κ2) is 7.35. The molecular weight excluding hydrogens is 360 g/mol. The van der Waals surface area contributed by atoms with Gasteiger partial charge >= 0.3 is 0 Å². The minimum absolute atomic E-state index is 0.0938. The van der Waals surface area contributed by atoms with Gasteiger partial charge in [0.15, 0.2) is 5.16 Å². The SMILES string of the molecule is C=CCSc1nc2sc3c(c2c(=O)n1CC(=C)C)CC[C@H](C(C)(C)C)C3. The first-order valence-electron chi connectivity index (χ1n) is 9.15. The van der Waals surface area contributed by atoms with E-state index in [9.17, 15) is 4.79 Å². The number of hydrogen-bond donors (Lipinski definition) is 0. The maximum Gasteiger partial charge on any atom is 0.263 e. The predicted molar refractivity (Wildman–Crippen MR) is 115 cm³/mol. The van der Waals surface area contributed by atoms with Crippen LogP contribution in [0.25, 0.3) is 10.2 Å². The summed E-state index contributed by atoms with van der Waals surface area (Å²) < 4.78 is 1.79. The number of thiophene rings is 1. The summed E-state index contributed by atoms with van der Waals surface area (Å²) in [7, 11) is 0. The van der Waals surface area contributed by atoms with Gasteiger partial charge in [0.25, 0.3) is 5.56 Å². The molecular formula is C21H28N2OS2. The second-order valence-electron chi connectivity index (χ2n) is 8.33. The summed E-state index contributed by atoms with van der Waals surface area (Å²) in [6.45, 7) is 17.2. The predicted octanol–water partition coefficient (Wildman–Crippen LogP) is 5.46. The van der Waals surface area contributed by atoms with Crippen LogP contribution in [0.4, 0.5) is 0 Å². The highest BCUT2D eigenvalue weighted by Crippen LogP contribution is 2.42. The zero-order valence-corrected chi connectivity index (χ0v) is 17.9. The number of fused-ring (bicyclic) bond motifs is 3. The van der Waals surface area contributed by atoms with E-state index in [2.05, 4.69) is 33.9 Å². The van der Waals surface area contributed by atoms with E-state index in [4.69, 9.17) is 4.98 Å². The normalized spacial score (nSPS) is 17.3. The zero-order valence-electron chi connectivity index (χ0n) is 16.2. The smallest absolute Gasteiger partial charge is 0.263 e. The number of aromatic nitrogens is 2. The molecule has 5 heteroatoms. The Kier molecular flexibility index (Phi) is 5.50. The van der Waals surface area contributed by atoms with E-state index in [1.54, 1.807) is 27.7 Å². The van der Waals surface area contributed by atoms with Crippen LogP contribution in [0.1, 0.15) is 44.6 Å². The van der Waals surface area contributed by atoms with Crippen LogP contribution in [-0.2, 0) is 19.4 Å². The van der Waals surface area contributed by atoms with Crippen LogP contribution in [0, 0.1) is 11.3 Å². The largest absolute Gasteiger partial charge is 0.283 e. The van der Waals surface area contributed by atoms with Crippen molar-refractivity contribution < 1.29 is 0 Å². The summed E-state index contributed by atoms with van der Waals surface area (Å²) in [4.78, 5) is 20.4. The lowest BCUT2D eigenvalue weighted by Gasteiger charge is -2.33. The number of rotatable bonds is 5. The highest BCUT2D eigenvalue weighted by Gasteiger charge is 2.32. The quantitative estimate of drug-likeness (QED) is 0.387. The van der Waals surface area contributed by atoms with Crippen LogP contribution in [-0.4, -0.2) is 15.3 Å². The van der Waals surface area contributed by atoms with Crippen molar-refractivity contribution in [1.82, 2.24) is 9.55 Å². The Bertz CT molecular complexity index is 915. The maximum atomic E-state index is 13.3. The van der Waals surface area contributed by atoms with Gasteiger partial charge in [-0.3, -0.25) is 9.36 Å². The van der Waals surface area contributed by atoms with Gasteiger partial charge in [-0.1, -0.05) is 50.8 Å². The summed E-state index contributed by atoms with van der Waals surface area (Å²) in [5, 5.41) is 1.62. The third kappa shape index (κ3) is 3.70. The van der Waals surface area contributed by atoms with Gasteiger partial charge in [-0.05, 0) is 43.1 Å². The molecule has 0 amide bonds. The molecule has 0 fully saturated rings. The Hall–Kier alpha value is -1.33. The van der Waals surface area contributed by atoms with Gasteiger partial charge in [-0.15, -0.1) is 17.9 Å². The fourth-order valence-electron chi connectivity index (χ4n) is 3.63. The molecule has 0 radical (unpaired) electrons. The van der Waals surface area contributed by atoms with Crippen LogP contribution in [0.5, 0.6) is 0 Å². The number of hydrogen-bond acceptors (Lipinski definition) is 4. The van der Waals surface area contributed by atoms with Crippen LogP contribution in [0.2, 0.25) is 0 Å². The summed E-state index contributed by atoms with van der Waals surface area (Å²) in [5.41, 5.74) is 2.60. The number of aryl methyl sites for hydroxylation is 1. The molecule has 140 valence electrons. The lowest BCUT2D eigenvalue weighted by atomic mass is 9.72. The Morgan fingerprint density at radius 2 is 2.19 bits per heavy atom. The van der Waals surface area contributed by atoms with E-state index >= 15 is 0 Å². The fourth-order valence-corrected chi connectivity index (χ4v) is 5.71. The van der Waals surface area contributed by atoms with Gasteiger partial charge < -0.3 is 0 Å². The molecule has 1 aliphatic carbocycles. The van der Waals surface area contributed by atoms with Gasteiger partial charge in [0.1, 0.15) is 4.83 Å². The van der Waals surface area contributed by atoms with Crippen molar-refractivity contribution in [3.8, 4) is 0 Å². The Morgan fingerprint density at radius 1 is 1.46 bits per heavy atom. The molecule has 0 N–H and O–H groups in total. The van der Waals surface area contributed by atoms with Crippen molar-refractivity contribution in [2.75, 3.05) is 5.75 Å². The molecule has 0 bridgehead atoms. The molecule has 2 aromatic rings. The molecule has 2 aromatic heterocycles. The summed E-state index contributed by atoms with van der Waals surface area (Å²) >= 11 is 3.29. The molecule has 3 nitrogen and oxygen atoms in total. The molecule has 0 unspecified atom stereocenters. The monoisotopic (exact) mass is 388 g/mol. The molecule has 26 heavy (non-hydrogen) atoms. The first-order valence-corrected chi connectivity index (χ1v) is 11.0. The van der Waals surface area contributed by atoms with Crippen molar-refractivity contribution in [2.45, 2.75) is 58.7 Å². The minimum Gasteiger partial charge on any atom is -0.283 e. The van der Waals surface area contributed by atoms with E-state index in [0.717, 1.165) is 46.0 Å². The van der Waals surface area contributed by atoms with Crippen LogP contribution in [0.15, 0.2) is 34.8 Å². The second-order valence-corrected chi connectivity index (χ2v) is 10.4. The molecule has 1 atom stereocenters. The highest BCUT2D eigenvalue weighted by atomic mass is 32.2. The average Bonchev–Trinajstić information content (AvgIpc) is 2.92. The van der Waals surface area contributed by atoms with Gasteiger partial charge in [0, 0.05) is 17.2 Å². The zero-order chi connectivity index (χ0) is 19.1. The van der Waals surface area contributed by atoms with Gasteiger partial charge in [0.05, 0.1) is 5.39 Å². The fraction of sp³-hybridized carbons (Fsp3) is 0.524. The van der Waals surface area contributed by atoms with Crippen molar-refractivity contribution in [3.63, 3.8) is 0 Å². The first kappa shape index (κ1) is 19.4. The third-order valence-corrected chi connectivity index (χ3v) is 7.24. The van der Waals surface area contributed by atoms with Gasteiger partial charge in [-0.2, -0.15) is 0 Å². The molecule has 1 aliphatic rings. The third-order valence-electron chi connectivity index (χ3n) is 5.12. The van der Waals surface area contributed by atoms with Gasteiger partial charge in [0.2, 0.25) is 0 Å². The Balaban J connectivity index is 2.14.